The number of fused-ring (bicyclic) bond motifs is 3. The minimum atomic E-state index is -0.707. The summed E-state index contributed by atoms with van der Waals surface area (Å²) >= 11 is 0. The van der Waals surface area contributed by atoms with Crippen LogP contribution in [0.3, 0.4) is 0 Å². The molecule has 4 rings (SSSR count). The van der Waals surface area contributed by atoms with E-state index >= 15 is 0 Å². The van der Waals surface area contributed by atoms with Crippen molar-refractivity contribution < 1.29 is 9.90 Å². The summed E-state index contributed by atoms with van der Waals surface area (Å²) in [5.74, 6) is -0.936. The summed E-state index contributed by atoms with van der Waals surface area (Å²) in [6, 6.07) is 3.30. The van der Waals surface area contributed by atoms with E-state index in [0.29, 0.717) is 28.9 Å². The predicted molar refractivity (Wildman–Crippen MR) is 81.9 cm³/mol. The van der Waals surface area contributed by atoms with Crippen molar-refractivity contribution in [2.75, 3.05) is 0 Å². The molecule has 1 unspecified atom stereocenters. The predicted octanol–water partition coefficient (Wildman–Crippen LogP) is 1.08. The molecule has 1 aliphatic carbocycles. The molecule has 3 aromatic heterocycles. The van der Waals surface area contributed by atoms with Gasteiger partial charge in [0.05, 0.1) is 0 Å². The Bertz CT molecular complexity index is 1000. The molecule has 0 saturated carbocycles. The topological polar surface area (TPSA) is 119 Å². The Morgan fingerprint density at radius 3 is 2.87 bits per heavy atom. The highest BCUT2D eigenvalue weighted by atomic mass is 16.3. The van der Waals surface area contributed by atoms with Crippen LogP contribution in [0.25, 0.3) is 16.8 Å². The highest BCUT2D eigenvalue weighted by molar-refractivity contribution is 5.91. The zero-order valence-electron chi connectivity index (χ0n) is 11.9. The first-order chi connectivity index (χ1) is 11.1. The van der Waals surface area contributed by atoms with E-state index in [9.17, 15) is 9.90 Å². The van der Waals surface area contributed by atoms with Gasteiger partial charge in [-0.25, -0.2) is 9.97 Å². The highest BCUT2D eigenvalue weighted by Gasteiger charge is 2.20. The number of allylic oxidation sites excluding steroid dienone is 4. The quantitative estimate of drug-likeness (QED) is 0.731. The first kappa shape index (κ1) is 13.4. The third-order valence-corrected chi connectivity index (χ3v) is 3.75. The van der Waals surface area contributed by atoms with E-state index in [4.69, 9.17) is 5.73 Å². The number of aromatic hydroxyl groups is 1. The van der Waals surface area contributed by atoms with Crippen molar-refractivity contribution in [2.24, 2.45) is 5.73 Å². The smallest absolute Gasteiger partial charge is 0.287 e. The van der Waals surface area contributed by atoms with E-state index in [1.165, 1.54) is 4.40 Å². The molecule has 0 bridgehead atoms. The van der Waals surface area contributed by atoms with E-state index < -0.39 is 5.91 Å². The molecule has 0 aromatic carbocycles. The summed E-state index contributed by atoms with van der Waals surface area (Å²) in [4.78, 5) is 20.3. The summed E-state index contributed by atoms with van der Waals surface area (Å²) in [6.07, 6.45) is 8.48. The van der Waals surface area contributed by atoms with Crippen molar-refractivity contribution in [3.8, 4) is 5.88 Å². The van der Waals surface area contributed by atoms with Gasteiger partial charge in [0.15, 0.2) is 11.3 Å². The number of hydrogen-bond acceptors (Lipinski definition) is 6. The van der Waals surface area contributed by atoms with Gasteiger partial charge in [0.2, 0.25) is 11.7 Å². The van der Waals surface area contributed by atoms with Crippen molar-refractivity contribution in [2.45, 2.75) is 12.3 Å². The number of nitrogens with two attached hydrogens (primary N) is 1. The number of aromatic nitrogens is 5. The van der Waals surface area contributed by atoms with Crippen LogP contribution in [0.4, 0.5) is 0 Å². The Morgan fingerprint density at radius 1 is 1.26 bits per heavy atom. The van der Waals surface area contributed by atoms with Crippen molar-refractivity contribution in [3.05, 3.63) is 48.0 Å². The molecule has 0 saturated heterocycles. The van der Waals surface area contributed by atoms with Crippen LogP contribution in [0.5, 0.6) is 5.88 Å². The molecule has 3 heterocycles. The molecule has 23 heavy (non-hydrogen) atoms. The van der Waals surface area contributed by atoms with Crippen molar-refractivity contribution >= 4 is 22.7 Å². The van der Waals surface area contributed by atoms with E-state index in [1.807, 2.05) is 24.3 Å². The molecule has 8 nitrogen and oxygen atoms in total. The molecule has 1 aliphatic rings. The first-order valence-electron chi connectivity index (χ1n) is 7.03. The van der Waals surface area contributed by atoms with E-state index in [0.717, 1.165) is 0 Å². The maximum Gasteiger partial charge on any atom is 0.287 e. The van der Waals surface area contributed by atoms with Gasteiger partial charge in [-0.3, -0.25) is 9.20 Å². The molecule has 114 valence electrons. The zero-order chi connectivity index (χ0) is 16.0. The van der Waals surface area contributed by atoms with Crippen LogP contribution in [0, 0.1) is 0 Å². The standard InChI is InChI=1S/C15H12N6O2/c16-12(22)14-20-19-10-7-6-9-13(21(10)14)18-11(15(23)17-9)8-4-2-1-3-5-8/h1-4,6-8H,5H2,(H2,16,22)(H,17,23). The van der Waals surface area contributed by atoms with Gasteiger partial charge in [-0.1, -0.05) is 24.3 Å². The van der Waals surface area contributed by atoms with Crippen LogP contribution in [0.1, 0.15) is 28.7 Å². The van der Waals surface area contributed by atoms with Crippen LogP contribution >= 0.6 is 0 Å². The van der Waals surface area contributed by atoms with Crippen LogP contribution < -0.4 is 5.73 Å². The summed E-state index contributed by atoms with van der Waals surface area (Å²) in [7, 11) is 0. The number of amides is 1. The average Bonchev–Trinajstić information content (AvgIpc) is 2.99. The van der Waals surface area contributed by atoms with Gasteiger partial charge >= 0.3 is 0 Å². The fraction of sp³-hybridized carbons (Fsp3) is 0.133. The minimum Gasteiger partial charge on any atom is -0.492 e. The second-order valence-corrected chi connectivity index (χ2v) is 5.21. The zero-order valence-corrected chi connectivity index (χ0v) is 11.9. The van der Waals surface area contributed by atoms with E-state index in [2.05, 4.69) is 20.2 Å². The first-order valence-corrected chi connectivity index (χ1v) is 7.03. The molecule has 0 radical (unpaired) electrons. The van der Waals surface area contributed by atoms with Gasteiger partial charge in [-0.2, -0.15) is 0 Å². The number of nitrogens with zero attached hydrogens (tertiary/aromatic N) is 5. The number of carbonyl (C=O) groups excluding carboxylic acids is 1. The molecule has 8 heteroatoms. The Hall–Kier alpha value is -3.29. The second kappa shape index (κ2) is 4.87. The maximum atomic E-state index is 11.6. The van der Waals surface area contributed by atoms with Gasteiger partial charge in [0.1, 0.15) is 11.2 Å². The third-order valence-electron chi connectivity index (χ3n) is 3.75. The molecular weight excluding hydrogens is 296 g/mol. The molecule has 3 N–H and O–H groups in total. The van der Waals surface area contributed by atoms with E-state index in [-0.39, 0.29) is 17.6 Å². The second-order valence-electron chi connectivity index (χ2n) is 5.21. The van der Waals surface area contributed by atoms with Crippen LogP contribution in [0.2, 0.25) is 0 Å². The highest BCUT2D eigenvalue weighted by Crippen LogP contribution is 2.30. The fourth-order valence-corrected chi connectivity index (χ4v) is 2.68. The fourth-order valence-electron chi connectivity index (χ4n) is 2.68. The van der Waals surface area contributed by atoms with Gasteiger partial charge in [0.25, 0.3) is 5.91 Å². The molecule has 3 aromatic rings. The molecule has 0 fully saturated rings. The largest absolute Gasteiger partial charge is 0.492 e. The third kappa shape index (κ3) is 2.03. The summed E-state index contributed by atoms with van der Waals surface area (Å²) in [5.41, 5.74) is 7.04. The van der Waals surface area contributed by atoms with E-state index in [1.54, 1.807) is 12.1 Å². The summed E-state index contributed by atoms with van der Waals surface area (Å²) in [5, 5.41) is 17.9. The van der Waals surface area contributed by atoms with Crippen molar-refractivity contribution in [1.82, 2.24) is 24.6 Å². The monoisotopic (exact) mass is 308 g/mol. The lowest BCUT2D eigenvalue weighted by Crippen LogP contribution is -2.16. The van der Waals surface area contributed by atoms with Crippen LogP contribution in [-0.4, -0.2) is 35.6 Å². The van der Waals surface area contributed by atoms with Crippen LogP contribution in [-0.2, 0) is 0 Å². The minimum absolute atomic E-state index is 0.0179. The molecule has 1 amide bonds. The van der Waals surface area contributed by atoms with Crippen molar-refractivity contribution in [3.63, 3.8) is 0 Å². The lowest BCUT2D eigenvalue weighted by atomic mass is 9.97. The molecule has 0 aliphatic heterocycles. The molecule has 1 atom stereocenters. The number of hydrogen-bond donors (Lipinski definition) is 2. The van der Waals surface area contributed by atoms with Crippen molar-refractivity contribution in [1.29, 1.82) is 0 Å². The van der Waals surface area contributed by atoms with Gasteiger partial charge in [-0.05, 0) is 18.6 Å². The number of rotatable bonds is 2. The number of primary amides is 1. The maximum absolute atomic E-state index is 11.6. The summed E-state index contributed by atoms with van der Waals surface area (Å²) in [6.45, 7) is 0. The summed E-state index contributed by atoms with van der Waals surface area (Å²) < 4.78 is 1.45. The Labute approximate surface area is 130 Å². The number of carbonyl (C=O) groups is 1. The lowest BCUT2D eigenvalue weighted by molar-refractivity contribution is 0.0989. The molecular formula is C15H12N6O2. The molecule has 0 spiro atoms. The number of pyridine rings is 1. The van der Waals surface area contributed by atoms with Gasteiger partial charge in [-0.15, -0.1) is 10.2 Å². The average molecular weight is 308 g/mol. The van der Waals surface area contributed by atoms with Gasteiger partial charge < -0.3 is 10.8 Å². The Morgan fingerprint density at radius 2 is 2.13 bits per heavy atom. The van der Waals surface area contributed by atoms with Crippen LogP contribution in [0.15, 0.2) is 36.4 Å². The Kier molecular flexibility index (Phi) is 2.83. The SMILES string of the molecule is NC(=O)c1nnc2ccc3nc(O)c(C4C=CC=CC4)nc3n12. The Balaban J connectivity index is 2.03. The van der Waals surface area contributed by atoms with Gasteiger partial charge in [0, 0.05) is 5.92 Å². The normalized spacial score (nSPS) is 17.1. The lowest BCUT2D eigenvalue weighted by Gasteiger charge is -2.14.